The summed E-state index contributed by atoms with van der Waals surface area (Å²) in [5, 5.41) is 9.05. The molecule has 2 rings (SSSR count). The normalized spacial score (nSPS) is 17.5. The number of hydrogen-bond donors (Lipinski definition) is 1. The number of aliphatic carboxylic acids is 1. The molecule has 1 aliphatic carbocycles. The largest absolute Gasteiger partial charge is 0.481 e. The Bertz CT molecular complexity index is 379. The van der Waals surface area contributed by atoms with E-state index in [2.05, 4.69) is 0 Å². The third-order valence-corrected chi connectivity index (χ3v) is 2.95. The van der Waals surface area contributed by atoms with Gasteiger partial charge in [-0.1, -0.05) is 0 Å². The minimum Gasteiger partial charge on any atom is -0.481 e. The summed E-state index contributed by atoms with van der Waals surface area (Å²) in [5.74, 6) is 0.884. The van der Waals surface area contributed by atoms with Crippen LogP contribution in [-0.2, 0) is 4.79 Å². The first-order chi connectivity index (χ1) is 7.03. The van der Waals surface area contributed by atoms with Crippen molar-refractivity contribution in [3.63, 3.8) is 0 Å². The van der Waals surface area contributed by atoms with Gasteiger partial charge in [0, 0.05) is 19.7 Å². The van der Waals surface area contributed by atoms with Crippen LogP contribution in [-0.4, -0.2) is 24.7 Å². The van der Waals surface area contributed by atoms with E-state index in [9.17, 15) is 4.79 Å². The summed E-state index contributed by atoms with van der Waals surface area (Å²) in [6, 6.07) is 3.75. The molecule has 82 valence electrons. The maximum Gasteiger partial charge on any atom is 0.311 e. The molecule has 0 atom stereocenters. The smallest absolute Gasteiger partial charge is 0.311 e. The Hall–Kier alpha value is -1.45. The number of furan rings is 1. The van der Waals surface area contributed by atoms with Crippen molar-refractivity contribution < 1.29 is 14.3 Å². The number of hydrogen-bond acceptors (Lipinski definition) is 3. The zero-order chi connectivity index (χ0) is 11.1. The van der Waals surface area contributed by atoms with Gasteiger partial charge in [0.1, 0.15) is 5.76 Å². The van der Waals surface area contributed by atoms with Crippen molar-refractivity contribution in [1.29, 1.82) is 0 Å². The van der Waals surface area contributed by atoms with Crippen LogP contribution in [0.2, 0.25) is 0 Å². The van der Waals surface area contributed by atoms with E-state index in [1.54, 1.807) is 0 Å². The van der Waals surface area contributed by atoms with Crippen molar-refractivity contribution in [3.05, 3.63) is 17.9 Å². The molecule has 15 heavy (non-hydrogen) atoms. The Morgan fingerprint density at radius 3 is 2.67 bits per heavy atom. The third kappa shape index (κ3) is 1.84. The van der Waals surface area contributed by atoms with Crippen LogP contribution in [0.4, 0.5) is 5.88 Å². The number of anilines is 1. The molecule has 0 unspecified atom stereocenters. The molecule has 1 aromatic rings. The van der Waals surface area contributed by atoms with Gasteiger partial charge in [0.05, 0.1) is 5.41 Å². The third-order valence-electron chi connectivity index (χ3n) is 2.95. The molecule has 0 saturated heterocycles. The molecule has 0 aliphatic heterocycles. The van der Waals surface area contributed by atoms with Gasteiger partial charge in [0.15, 0.2) is 5.88 Å². The molecule has 1 saturated carbocycles. The highest BCUT2D eigenvalue weighted by molar-refractivity contribution is 5.78. The van der Waals surface area contributed by atoms with Crippen LogP contribution in [0.1, 0.15) is 18.6 Å². The van der Waals surface area contributed by atoms with Crippen LogP contribution in [0, 0.1) is 12.3 Å². The topological polar surface area (TPSA) is 53.7 Å². The first-order valence-electron chi connectivity index (χ1n) is 5.04. The second-order valence-corrected chi connectivity index (χ2v) is 4.33. The predicted molar refractivity (Wildman–Crippen MR) is 56.0 cm³/mol. The van der Waals surface area contributed by atoms with Gasteiger partial charge in [-0.3, -0.25) is 4.79 Å². The van der Waals surface area contributed by atoms with E-state index in [0.717, 1.165) is 24.5 Å². The lowest BCUT2D eigenvalue weighted by atomic mass is 10.1. The van der Waals surface area contributed by atoms with Crippen LogP contribution >= 0.6 is 0 Å². The minimum atomic E-state index is -0.697. The van der Waals surface area contributed by atoms with Crippen molar-refractivity contribution in [2.45, 2.75) is 19.8 Å². The van der Waals surface area contributed by atoms with Crippen molar-refractivity contribution in [3.8, 4) is 0 Å². The average molecular weight is 209 g/mol. The van der Waals surface area contributed by atoms with Crippen LogP contribution in [0.25, 0.3) is 0 Å². The SMILES string of the molecule is Cc1ccc(N(C)CC2(C(=O)O)CC2)o1. The van der Waals surface area contributed by atoms with E-state index in [1.165, 1.54) is 0 Å². The van der Waals surface area contributed by atoms with Gasteiger partial charge in [-0.15, -0.1) is 0 Å². The number of rotatable bonds is 4. The van der Waals surface area contributed by atoms with Gasteiger partial charge < -0.3 is 14.4 Å². The lowest BCUT2D eigenvalue weighted by Gasteiger charge is -2.20. The van der Waals surface area contributed by atoms with Gasteiger partial charge in [-0.2, -0.15) is 0 Å². The molecule has 0 amide bonds. The van der Waals surface area contributed by atoms with Gasteiger partial charge in [-0.05, 0) is 25.8 Å². The monoisotopic (exact) mass is 209 g/mol. The number of carbonyl (C=O) groups is 1. The fraction of sp³-hybridized carbons (Fsp3) is 0.545. The molecule has 0 radical (unpaired) electrons. The molecule has 0 aromatic carbocycles. The summed E-state index contributed by atoms with van der Waals surface area (Å²) in [7, 11) is 1.86. The number of carboxylic acid groups (broad SMARTS) is 1. The summed E-state index contributed by atoms with van der Waals surface area (Å²) in [6.45, 7) is 2.40. The Labute approximate surface area is 88.5 Å². The molecular formula is C11H15NO3. The van der Waals surface area contributed by atoms with Crippen LogP contribution in [0.3, 0.4) is 0 Å². The first kappa shape index (κ1) is 10.1. The van der Waals surface area contributed by atoms with E-state index in [0.29, 0.717) is 6.54 Å². The fourth-order valence-electron chi connectivity index (χ4n) is 1.75. The number of carboxylic acids is 1. The van der Waals surface area contributed by atoms with E-state index in [1.807, 2.05) is 31.0 Å². The first-order valence-corrected chi connectivity index (χ1v) is 5.04. The highest BCUT2D eigenvalue weighted by Crippen LogP contribution is 2.46. The molecule has 0 bridgehead atoms. The molecular weight excluding hydrogens is 194 g/mol. The molecule has 1 fully saturated rings. The van der Waals surface area contributed by atoms with E-state index in [-0.39, 0.29) is 0 Å². The summed E-state index contributed by atoms with van der Waals surface area (Å²) < 4.78 is 5.43. The van der Waals surface area contributed by atoms with Crippen LogP contribution in [0.5, 0.6) is 0 Å². The van der Waals surface area contributed by atoms with Crippen LogP contribution in [0.15, 0.2) is 16.5 Å². The molecule has 4 nitrogen and oxygen atoms in total. The summed E-state index contributed by atoms with van der Waals surface area (Å²) in [6.07, 6.45) is 1.54. The minimum absolute atomic E-state index is 0.523. The summed E-state index contributed by atoms with van der Waals surface area (Å²) in [5.41, 5.74) is -0.532. The van der Waals surface area contributed by atoms with Crippen molar-refractivity contribution in [2.75, 3.05) is 18.5 Å². The Morgan fingerprint density at radius 2 is 2.27 bits per heavy atom. The highest BCUT2D eigenvalue weighted by atomic mass is 16.4. The zero-order valence-corrected chi connectivity index (χ0v) is 8.99. The highest BCUT2D eigenvalue weighted by Gasteiger charge is 2.51. The van der Waals surface area contributed by atoms with E-state index < -0.39 is 11.4 Å². The molecule has 1 aromatic heterocycles. The second kappa shape index (κ2) is 3.29. The number of nitrogens with zero attached hydrogens (tertiary/aromatic N) is 1. The molecule has 1 heterocycles. The zero-order valence-electron chi connectivity index (χ0n) is 8.99. The fourth-order valence-corrected chi connectivity index (χ4v) is 1.75. The van der Waals surface area contributed by atoms with E-state index in [4.69, 9.17) is 9.52 Å². The molecule has 4 heteroatoms. The Morgan fingerprint density at radius 1 is 1.60 bits per heavy atom. The van der Waals surface area contributed by atoms with Gasteiger partial charge in [0.2, 0.25) is 0 Å². The predicted octanol–water partition coefficient (Wildman–Crippen LogP) is 1.89. The summed E-state index contributed by atoms with van der Waals surface area (Å²) in [4.78, 5) is 12.9. The molecule has 0 spiro atoms. The average Bonchev–Trinajstić information content (AvgIpc) is 2.82. The van der Waals surface area contributed by atoms with Crippen molar-refractivity contribution in [2.24, 2.45) is 5.41 Å². The quantitative estimate of drug-likeness (QED) is 0.822. The maximum absolute atomic E-state index is 11.0. The Kier molecular flexibility index (Phi) is 2.21. The molecule has 1 aliphatic rings. The lowest BCUT2D eigenvalue weighted by Crippen LogP contribution is -2.31. The number of aryl methyl sites for hydroxylation is 1. The van der Waals surface area contributed by atoms with Crippen molar-refractivity contribution in [1.82, 2.24) is 0 Å². The Balaban J connectivity index is 2.04. The van der Waals surface area contributed by atoms with Gasteiger partial charge in [0.25, 0.3) is 0 Å². The molecule has 1 N–H and O–H groups in total. The van der Waals surface area contributed by atoms with Crippen molar-refractivity contribution >= 4 is 11.9 Å². The standard InChI is InChI=1S/C11H15NO3/c1-8-3-4-9(15-8)12(2)7-11(5-6-11)10(13)14/h3-4H,5-7H2,1-2H3,(H,13,14). The second-order valence-electron chi connectivity index (χ2n) is 4.33. The van der Waals surface area contributed by atoms with Gasteiger partial charge in [-0.25, -0.2) is 0 Å². The maximum atomic E-state index is 11.0. The van der Waals surface area contributed by atoms with Crippen LogP contribution < -0.4 is 4.90 Å². The summed E-state index contributed by atoms with van der Waals surface area (Å²) >= 11 is 0. The van der Waals surface area contributed by atoms with E-state index >= 15 is 0 Å². The van der Waals surface area contributed by atoms with Gasteiger partial charge >= 0.3 is 5.97 Å². The lowest BCUT2D eigenvalue weighted by molar-refractivity contribution is -0.142.